The SMILES string of the molecule is C1COC(CN2CCNCC2)C1.Cl.Cl. The fourth-order valence-electron chi connectivity index (χ4n) is 1.97. The van der Waals surface area contributed by atoms with Crippen molar-refractivity contribution in [1.82, 2.24) is 10.2 Å². The van der Waals surface area contributed by atoms with Gasteiger partial charge in [0.1, 0.15) is 0 Å². The van der Waals surface area contributed by atoms with E-state index in [2.05, 4.69) is 10.2 Å². The first kappa shape index (κ1) is 14.5. The average molecular weight is 243 g/mol. The number of rotatable bonds is 2. The van der Waals surface area contributed by atoms with Gasteiger partial charge in [0.25, 0.3) is 0 Å². The molecular formula is C9H20Cl2N2O. The molecule has 2 aliphatic rings. The van der Waals surface area contributed by atoms with Gasteiger partial charge in [-0.15, -0.1) is 24.8 Å². The number of nitrogens with zero attached hydrogens (tertiary/aromatic N) is 1. The second-order valence-electron chi connectivity index (χ2n) is 3.69. The van der Waals surface area contributed by atoms with Gasteiger partial charge in [-0.3, -0.25) is 4.90 Å². The molecule has 2 saturated heterocycles. The molecule has 1 unspecified atom stereocenters. The highest BCUT2D eigenvalue weighted by molar-refractivity contribution is 5.85. The quantitative estimate of drug-likeness (QED) is 0.780. The monoisotopic (exact) mass is 242 g/mol. The van der Waals surface area contributed by atoms with Crippen molar-refractivity contribution in [2.24, 2.45) is 0 Å². The molecule has 3 nitrogen and oxygen atoms in total. The van der Waals surface area contributed by atoms with Crippen LogP contribution in [0.3, 0.4) is 0 Å². The highest BCUT2D eigenvalue weighted by Crippen LogP contribution is 2.13. The van der Waals surface area contributed by atoms with Crippen LogP contribution in [0.4, 0.5) is 0 Å². The van der Waals surface area contributed by atoms with E-state index in [0.717, 1.165) is 26.2 Å². The molecule has 0 aromatic rings. The zero-order valence-electron chi connectivity index (χ0n) is 8.41. The summed E-state index contributed by atoms with van der Waals surface area (Å²) in [4.78, 5) is 2.51. The number of ether oxygens (including phenoxy) is 1. The fraction of sp³-hybridized carbons (Fsp3) is 1.00. The summed E-state index contributed by atoms with van der Waals surface area (Å²) in [5.41, 5.74) is 0. The lowest BCUT2D eigenvalue weighted by Crippen LogP contribution is -2.46. The maximum Gasteiger partial charge on any atom is 0.0702 e. The van der Waals surface area contributed by atoms with Crippen molar-refractivity contribution in [3.8, 4) is 0 Å². The van der Waals surface area contributed by atoms with Crippen molar-refractivity contribution in [3.05, 3.63) is 0 Å². The van der Waals surface area contributed by atoms with Crippen LogP contribution in [0.5, 0.6) is 0 Å². The molecule has 2 aliphatic heterocycles. The van der Waals surface area contributed by atoms with E-state index in [0.29, 0.717) is 6.10 Å². The molecule has 86 valence electrons. The molecule has 5 heteroatoms. The molecule has 0 amide bonds. The van der Waals surface area contributed by atoms with E-state index in [4.69, 9.17) is 4.74 Å². The molecule has 2 heterocycles. The Morgan fingerprint density at radius 2 is 1.93 bits per heavy atom. The maximum absolute atomic E-state index is 5.59. The predicted octanol–water partition coefficient (Wildman–Crippen LogP) is 0.914. The number of nitrogens with one attached hydrogen (secondary N) is 1. The van der Waals surface area contributed by atoms with Crippen LogP contribution in [0.25, 0.3) is 0 Å². The third kappa shape index (κ3) is 4.32. The molecule has 0 saturated carbocycles. The van der Waals surface area contributed by atoms with Gasteiger partial charge in [0.2, 0.25) is 0 Å². The molecule has 1 N–H and O–H groups in total. The van der Waals surface area contributed by atoms with E-state index in [-0.39, 0.29) is 24.8 Å². The van der Waals surface area contributed by atoms with E-state index >= 15 is 0 Å². The van der Waals surface area contributed by atoms with Crippen molar-refractivity contribution >= 4 is 24.8 Å². The lowest BCUT2D eigenvalue weighted by molar-refractivity contribution is 0.0691. The minimum Gasteiger partial charge on any atom is -0.377 e. The van der Waals surface area contributed by atoms with Crippen LogP contribution < -0.4 is 5.32 Å². The Kier molecular flexibility index (Phi) is 7.97. The molecule has 0 aromatic carbocycles. The zero-order valence-corrected chi connectivity index (χ0v) is 10.0. The van der Waals surface area contributed by atoms with E-state index < -0.39 is 0 Å². The summed E-state index contributed by atoms with van der Waals surface area (Å²) in [7, 11) is 0. The number of piperazine rings is 1. The summed E-state index contributed by atoms with van der Waals surface area (Å²) < 4.78 is 5.59. The van der Waals surface area contributed by atoms with Gasteiger partial charge in [-0.1, -0.05) is 0 Å². The topological polar surface area (TPSA) is 24.5 Å². The summed E-state index contributed by atoms with van der Waals surface area (Å²) in [5.74, 6) is 0. The summed E-state index contributed by atoms with van der Waals surface area (Å²) >= 11 is 0. The van der Waals surface area contributed by atoms with Gasteiger partial charge in [-0.05, 0) is 12.8 Å². The lowest BCUT2D eigenvalue weighted by atomic mass is 10.2. The van der Waals surface area contributed by atoms with E-state index in [1.807, 2.05) is 0 Å². The van der Waals surface area contributed by atoms with Gasteiger partial charge in [0.15, 0.2) is 0 Å². The summed E-state index contributed by atoms with van der Waals surface area (Å²) in [5, 5.41) is 3.36. The molecule has 0 spiro atoms. The molecule has 0 bridgehead atoms. The Morgan fingerprint density at radius 3 is 2.50 bits per heavy atom. The molecule has 2 rings (SSSR count). The number of hydrogen-bond acceptors (Lipinski definition) is 3. The Labute approximate surface area is 98.4 Å². The van der Waals surface area contributed by atoms with Crippen LogP contribution in [0.2, 0.25) is 0 Å². The van der Waals surface area contributed by atoms with Crippen molar-refractivity contribution in [2.45, 2.75) is 18.9 Å². The Bertz CT molecular complexity index is 137. The van der Waals surface area contributed by atoms with E-state index in [1.165, 1.54) is 25.9 Å². The molecular weight excluding hydrogens is 223 g/mol. The first-order valence-corrected chi connectivity index (χ1v) is 5.00. The van der Waals surface area contributed by atoms with Crippen LogP contribution in [-0.2, 0) is 4.74 Å². The molecule has 0 radical (unpaired) electrons. The highest BCUT2D eigenvalue weighted by Gasteiger charge is 2.19. The van der Waals surface area contributed by atoms with Crippen LogP contribution in [0, 0.1) is 0 Å². The van der Waals surface area contributed by atoms with Gasteiger partial charge in [-0.2, -0.15) is 0 Å². The van der Waals surface area contributed by atoms with Crippen molar-refractivity contribution in [3.63, 3.8) is 0 Å². The third-order valence-electron chi connectivity index (χ3n) is 2.70. The van der Waals surface area contributed by atoms with Gasteiger partial charge < -0.3 is 10.1 Å². The maximum atomic E-state index is 5.59. The minimum absolute atomic E-state index is 0. The van der Waals surface area contributed by atoms with E-state index in [1.54, 1.807) is 0 Å². The second-order valence-corrected chi connectivity index (χ2v) is 3.69. The summed E-state index contributed by atoms with van der Waals surface area (Å²) in [6.45, 7) is 6.82. The Balaban J connectivity index is 0.000000845. The van der Waals surface area contributed by atoms with Crippen molar-refractivity contribution in [1.29, 1.82) is 0 Å². The van der Waals surface area contributed by atoms with Crippen molar-refractivity contribution < 1.29 is 4.74 Å². The minimum atomic E-state index is 0. The average Bonchev–Trinajstić information content (AvgIpc) is 2.59. The predicted molar refractivity (Wildman–Crippen MR) is 62.8 cm³/mol. The Hall–Kier alpha value is 0.460. The molecule has 1 atom stereocenters. The molecule has 2 fully saturated rings. The molecule has 0 aliphatic carbocycles. The first-order chi connectivity index (χ1) is 5.95. The van der Waals surface area contributed by atoms with Gasteiger partial charge >= 0.3 is 0 Å². The lowest BCUT2D eigenvalue weighted by Gasteiger charge is -2.29. The smallest absolute Gasteiger partial charge is 0.0702 e. The molecule has 14 heavy (non-hydrogen) atoms. The number of halogens is 2. The standard InChI is InChI=1S/C9H18N2O.2ClH/c1-2-9(12-7-1)8-11-5-3-10-4-6-11;;/h9-10H,1-8H2;2*1H. The van der Waals surface area contributed by atoms with Crippen LogP contribution in [-0.4, -0.2) is 50.3 Å². The highest BCUT2D eigenvalue weighted by atomic mass is 35.5. The van der Waals surface area contributed by atoms with Crippen LogP contribution >= 0.6 is 24.8 Å². The van der Waals surface area contributed by atoms with Gasteiger partial charge in [-0.25, -0.2) is 0 Å². The molecule has 0 aromatic heterocycles. The Morgan fingerprint density at radius 1 is 1.21 bits per heavy atom. The van der Waals surface area contributed by atoms with Gasteiger partial charge in [0, 0.05) is 39.3 Å². The van der Waals surface area contributed by atoms with Crippen LogP contribution in [0.15, 0.2) is 0 Å². The van der Waals surface area contributed by atoms with Gasteiger partial charge in [0.05, 0.1) is 6.10 Å². The first-order valence-electron chi connectivity index (χ1n) is 5.00. The second kappa shape index (κ2) is 7.71. The van der Waals surface area contributed by atoms with E-state index in [9.17, 15) is 0 Å². The van der Waals surface area contributed by atoms with Crippen LogP contribution in [0.1, 0.15) is 12.8 Å². The fourth-order valence-corrected chi connectivity index (χ4v) is 1.97. The number of hydrogen-bond donors (Lipinski definition) is 1. The largest absolute Gasteiger partial charge is 0.377 e. The summed E-state index contributed by atoms with van der Waals surface area (Å²) in [6.07, 6.45) is 3.06. The summed E-state index contributed by atoms with van der Waals surface area (Å²) in [6, 6.07) is 0. The van der Waals surface area contributed by atoms with Crippen molar-refractivity contribution in [2.75, 3.05) is 39.3 Å². The normalized spacial score (nSPS) is 27.9. The zero-order chi connectivity index (χ0) is 8.23. The third-order valence-corrected chi connectivity index (χ3v) is 2.70.